The molecule has 2 aromatic rings. The van der Waals surface area contributed by atoms with Crippen molar-refractivity contribution >= 4 is 28.9 Å². The summed E-state index contributed by atoms with van der Waals surface area (Å²) in [5.74, 6) is -1.26. The van der Waals surface area contributed by atoms with E-state index in [0.717, 1.165) is 19.3 Å². The number of benzene rings is 1. The van der Waals surface area contributed by atoms with Crippen molar-refractivity contribution in [2.45, 2.75) is 77.7 Å². The number of hydrogen-bond acceptors (Lipinski definition) is 5. The van der Waals surface area contributed by atoms with E-state index in [1.165, 1.54) is 43.9 Å². The number of amides is 2. The molecule has 0 saturated heterocycles. The molecule has 3 N–H and O–H groups in total. The van der Waals surface area contributed by atoms with Crippen molar-refractivity contribution in [2.75, 3.05) is 6.54 Å². The minimum Gasteiger partial charge on any atom is -0.478 e. The first-order chi connectivity index (χ1) is 14.9. The van der Waals surface area contributed by atoms with E-state index in [2.05, 4.69) is 22.5 Å². The normalized spacial score (nSPS) is 11.9. The van der Waals surface area contributed by atoms with Crippen molar-refractivity contribution in [3.63, 3.8) is 0 Å². The molecule has 0 spiro atoms. The second-order valence-electron chi connectivity index (χ2n) is 7.69. The summed E-state index contributed by atoms with van der Waals surface area (Å²) in [4.78, 5) is 40.2. The van der Waals surface area contributed by atoms with E-state index in [-0.39, 0.29) is 29.7 Å². The molecule has 0 fully saturated rings. The van der Waals surface area contributed by atoms with Gasteiger partial charge in [-0.2, -0.15) is 0 Å². The third-order valence-corrected chi connectivity index (χ3v) is 5.07. The smallest absolute Gasteiger partial charge is 0.335 e. The summed E-state index contributed by atoms with van der Waals surface area (Å²) < 4.78 is 5.65. The van der Waals surface area contributed by atoms with Crippen LogP contribution in [-0.4, -0.2) is 40.5 Å². The predicted octanol–water partition coefficient (Wildman–Crippen LogP) is 3.83. The van der Waals surface area contributed by atoms with Crippen LogP contribution in [0.4, 0.5) is 0 Å². The molecule has 8 heteroatoms. The van der Waals surface area contributed by atoms with Crippen LogP contribution in [0, 0.1) is 0 Å². The van der Waals surface area contributed by atoms with Crippen LogP contribution < -0.4 is 10.6 Å². The second-order valence-corrected chi connectivity index (χ2v) is 7.69. The Morgan fingerprint density at radius 3 is 2.45 bits per heavy atom. The van der Waals surface area contributed by atoms with E-state index in [4.69, 9.17) is 9.52 Å². The number of likely N-dealkylation sites (N-methyl/N-ethyl adjacent to an activating group) is 1. The van der Waals surface area contributed by atoms with Gasteiger partial charge in [-0.3, -0.25) is 9.59 Å². The summed E-state index contributed by atoms with van der Waals surface area (Å²) in [5, 5.41) is 14.6. The Morgan fingerprint density at radius 2 is 1.77 bits per heavy atom. The van der Waals surface area contributed by atoms with Gasteiger partial charge < -0.3 is 20.2 Å². The van der Waals surface area contributed by atoms with Gasteiger partial charge in [0.05, 0.1) is 12.0 Å². The van der Waals surface area contributed by atoms with Gasteiger partial charge in [0.2, 0.25) is 11.8 Å². The lowest BCUT2D eigenvalue weighted by Crippen LogP contribution is -2.48. The third kappa shape index (κ3) is 8.03. The molecule has 1 aromatic heterocycles. The van der Waals surface area contributed by atoms with E-state index in [1.807, 2.05) is 6.92 Å². The summed E-state index contributed by atoms with van der Waals surface area (Å²) >= 11 is 0. The zero-order valence-corrected chi connectivity index (χ0v) is 18.4. The molecule has 170 valence electrons. The summed E-state index contributed by atoms with van der Waals surface area (Å²) in [6.07, 6.45) is 8.27. The van der Waals surface area contributed by atoms with Crippen LogP contribution in [0.25, 0.3) is 11.1 Å². The number of fused-ring (bicyclic) bond motifs is 1. The van der Waals surface area contributed by atoms with Gasteiger partial charge in [-0.15, -0.1) is 0 Å². The van der Waals surface area contributed by atoms with E-state index >= 15 is 0 Å². The van der Waals surface area contributed by atoms with Gasteiger partial charge in [0.15, 0.2) is 11.5 Å². The molecule has 31 heavy (non-hydrogen) atoms. The highest BCUT2D eigenvalue weighted by Crippen LogP contribution is 2.18. The number of nitrogens with zero attached hydrogens (tertiary/aromatic N) is 1. The molecule has 0 unspecified atom stereocenters. The zero-order valence-electron chi connectivity index (χ0n) is 18.4. The molecule has 8 nitrogen and oxygen atoms in total. The maximum Gasteiger partial charge on any atom is 0.335 e. The molecule has 1 aromatic carbocycles. The van der Waals surface area contributed by atoms with Crippen LogP contribution in [0.15, 0.2) is 22.6 Å². The number of oxazole rings is 1. The average molecular weight is 432 g/mol. The van der Waals surface area contributed by atoms with Crippen molar-refractivity contribution in [3.05, 3.63) is 29.7 Å². The van der Waals surface area contributed by atoms with Crippen molar-refractivity contribution < 1.29 is 23.9 Å². The van der Waals surface area contributed by atoms with Gasteiger partial charge in [0.1, 0.15) is 11.6 Å². The predicted molar refractivity (Wildman–Crippen MR) is 118 cm³/mol. The molecule has 0 radical (unpaired) electrons. The highest BCUT2D eigenvalue weighted by Gasteiger charge is 2.23. The van der Waals surface area contributed by atoms with Gasteiger partial charge >= 0.3 is 5.97 Å². The Kier molecular flexibility index (Phi) is 10.00. The van der Waals surface area contributed by atoms with Crippen LogP contribution in [0.3, 0.4) is 0 Å². The largest absolute Gasteiger partial charge is 0.478 e. The van der Waals surface area contributed by atoms with Crippen LogP contribution >= 0.6 is 0 Å². The third-order valence-electron chi connectivity index (χ3n) is 5.07. The lowest BCUT2D eigenvalue weighted by molar-refractivity contribution is -0.129. The molecular weight excluding hydrogens is 398 g/mol. The maximum atomic E-state index is 12.4. The average Bonchev–Trinajstić information content (AvgIpc) is 3.14. The number of carboxylic acids is 1. The van der Waals surface area contributed by atoms with E-state index < -0.39 is 12.0 Å². The number of carboxylic acid groups (broad SMARTS) is 1. The molecule has 2 rings (SSSR count). The zero-order chi connectivity index (χ0) is 22.6. The summed E-state index contributed by atoms with van der Waals surface area (Å²) in [5.41, 5.74) is 0.943. The first kappa shape index (κ1) is 24.4. The van der Waals surface area contributed by atoms with Crippen LogP contribution in [0.2, 0.25) is 0 Å². The molecule has 0 aliphatic carbocycles. The minimum atomic E-state index is -1.05. The fourth-order valence-electron chi connectivity index (χ4n) is 3.39. The summed E-state index contributed by atoms with van der Waals surface area (Å²) in [7, 11) is 0. The van der Waals surface area contributed by atoms with Gasteiger partial charge in [-0.1, -0.05) is 45.4 Å². The van der Waals surface area contributed by atoms with Crippen molar-refractivity contribution in [2.24, 2.45) is 0 Å². The summed E-state index contributed by atoms with van der Waals surface area (Å²) in [6.45, 7) is 4.43. The van der Waals surface area contributed by atoms with Gasteiger partial charge in [0.25, 0.3) is 0 Å². The molecule has 0 bridgehead atoms. The number of aromatic carboxylic acids is 1. The molecule has 1 heterocycles. The number of aromatic nitrogens is 1. The van der Waals surface area contributed by atoms with Crippen LogP contribution in [0.5, 0.6) is 0 Å². The minimum absolute atomic E-state index is 0.0890. The van der Waals surface area contributed by atoms with Gasteiger partial charge in [-0.05, 0) is 31.5 Å². The quantitative estimate of drug-likeness (QED) is 0.391. The van der Waals surface area contributed by atoms with E-state index in [1.54, 1.807) is 0 Å². The lowest BCUT2D eigenvalue weighted by Gasteiger charge is -2.16. The lowest BCUT2D eigenvalue weighted by atomic mass is 10.1. The molecule has 0 aliphatic rings. The summed E-state index contributed by atoms with van der Waals surface area (Å²) in [6, 6.07) is 3.59. The molecular formula is C23H33N3O5. The Bertz CT molecular complexity index is 877. The standard InChI is InChI=1S/C23H33N3O5/c1-3-5-6-7-8-9-10-11-20(27)25-18(22(28)24-4-2)15-21-26-17-14-16(23(29)30)12-13-19(17)31-21/h12-14,18H,3-11,15H2,1-2H3,(H,24,28)(H,25,27)(H,29,30)/t18-/m0/s1. The fourth-order valence-corrected chi connectivity index (χ4v) is 3.39. The van der Waals surface area contributed by atoms with Crippen LogP contribution in [0.1, 0.15) is 81.5 Å². The molecule has 1 atom stereocenters. The monoisotopic (exact) mass is 431 g/mol. The number of hydrogen-bond donors (Lipinski definition) is 3. The first-order valence-corrected chi connectivity index (χ1v) is 11.1. The number of unbranched alkanes of at least 4 members (excludes halogenated alkanes) is 6. The Balaban J connectivity index is 1.94. The van der Waals surface area contributed by atoms with Gasteiger partial charge in [-0.25, -0.2) is 9.78 Å². The highest BCUT2D eigenvalue weighted by molar-refractivity contribution is 5.92. The van der Waals surface area contributed by atoms with Crippen molar-refractivity contribution in [3.8, 4) is 0 Å². The van der Waals surface area contributed by atoms with Crippen molar-refractivity contribution in [1.29, 1.82) is 0 Å². The van der Waals surface area contributed by atoms with Crippen LogP contribution in [-0.2, 0) is 16.0 Å². The Labute approximate surface area is 182 Å². The first-order valence-electron chi connectivity index (χ1n) is 11.1. The molecule has 0 aliphatic heterocycles. The topological polar surface area (TPSA) is 122 Å². The fraction of sp³-hybridized carbons (Fsp3) is 0.565. The molecule has 0 saturated carbocycles. The van der Waals surface area contributed by atoms with Crippen molar-refractivity contribution in [1.82, 2.24) is 15.6 Å². The Hall–Kier alpha value is -2.90. The maximum absolute atomic E-state index is 12.4. The molecule has 2 amide bonds. The number of carbonyl (C=O) groups excluding carboxylic acids is 2. The highest BCUT2D eigenvalue weighted by atomic mass is 16.4. The second kappa shape index (κ2) is 12.7. The number of carbonyl (C=O) groups is 3. The number of rotatable bonds is 14. The number of nitrogens with one attached hydrogen (secondary N) is 2. The van der Waals surface area contributed by atoms with E-state index in [0.29, 0.717) is 24.1 Å². The SMILES string of the molecule is CCCCCCCCCC(=O)N[C@@H](Cc1nc2cc(C(=O)O)ccc2o1)C(=O)NCC. The van der Waals surface area contributed by atoms with E-state index in [9.17, 15) is 14.4 Å². The van der Waals surface area contributed by atoms with Gasteiger partial charge in [0, 0.05) is 13.0 Å². The Morgan fingerprint density at radius 1 is 1.06 bits per heavy atom.